The van der Waals surface area contributed by atoms with E-state index in [1.54, 1.807) is 12.1 Å². The summed E-state index contributed by atoms with van der Waals surface area (Å²) >= 11 is 5.88. The Labute approximate surface area is 113 Å². The summed E-state index contributed by atoms with van der Waals surface area (Å²) in [5.41, 5.74) is 7.37. The molecule has 2 nitrogen and oxygen atoms in total. The molecule has 2 aliphatic carbocycles. The van der Waals surface area contributed by atoms with Crippen molar-refractivity contribution >= 4 is 17.3 Å². The molecule has 0 aliphatic heterocycles. The Kier molecular flexibility index (Phi) is 3.25. The number of aliphatic hydroxyl groups excluding tert-OH is 1. The maximum Gasteiger partial charge on any atom is 0.0812 e. The highest BCUT2D eigenvalue weighted by molar-refractivity contribution is 6.30. The van der Waals surface area contributed by atoms with E-state index in [0.717, 1.165) is 23.8 Å². The van der Waals surface area contributed by atoms with Crippen LogP contribution in [-0.4, -0.2) is 5.11 Å². The summed E-state index contributed by atoms with van der Waals surface area (Å²) in [5.74, 6) is 2.46. The predicted octanol–water partition coefficient (Wildman–Crippen LogP) is 3.78. The van der Waals surface area contributed by atoms with Crippen LogP contribution in [-0.2, 0) is 0 Å². The number of nitrogens with two attached hydrogens (primary N) is 1. The van der Waals surface area contributed by atoms with Crippen LogP contribution >= 0.6 is 11.6 Å². The third kappa shape index (κ3) is 2.24. The van der Waals surface area contributed by atoms with Gasteiger partial charge in [0.1, 0.15) is 0 Å². The molecule has 3 rings (SSSR count). The number of benzene rings is 1. The molecule has 0 radical (unpaired) electrons. The van der Waals surface area contributed by atoms with Gasteiger partial charge in [0.05, 0.1) is 6.10 Å². The van der Waals surface area contributed by atoms with Gasteiger partial charge in [-0.3, -0.25) is 0 Å². The third-order valence-electron chi connectivity index (χ3n) is 4.82. The first-order chi connectivity index (χ1) is 8.63. The maximum atomic E-state index is 10.4. The first-order valence-corrected chi connectivity index (χ1v) is 7.24. The summed E-state index contributed by atoms with van der Waals surface area (Å²) in [6.07, 6.45) is 5.86. The Morgan fingerprint density at radius 1 is 1.33 bits per heavy atom. The van der Waals surface area contributed by atoms with Gasteiger partial charge in [-0.15, -0.1) is 0 Å². The Hall–Kier alpha value is -0.730. The monoisotopic (exact) mass is 265 g/mol. The molecule has 2 fully saturated rings. The minimum atomic E-state index is -0.438. The minimum absolute atomic E-state index is 0.438. The number of halogens is 1. The van der Waals surface area contributed by atoms with Gasteiger partial charge in [-0.1, -0.05) is 24.1 Å². The van der Waals surface area contributed by atoms with Gasteiger partial charge in [0, 0.05) is 16.3 Å². The first kappa shape index (κ1) is 12.3. The summed E-state index contributed by atoms with van der Waals surface area (Å²) in [6, 6.07) is 5.38. The van der Waals surface area contributed by atoms with E-state index in [1.165, 1.54) is 25.7 Å². The van der Waals surface area contributed by atoms with E-state index in [2.05, 4.69) is 0 Å². The van der Waals surface area contributed by atoms with Gasteiger partial charge in [0.2, 0.25) is 0 Å². The average Bonchev–Trinajstić information content (AvgIpc) is 2.90. The van der Waals surface area contributed by atoms with E-state index in [0.29, 0.717) is 16.6 Å². The molecule has 4 unspecified atom stereocenters. The zero-order chi connectivity index (χ0) is 12.7. The van der Waals surface area contributed by atoms with E-state index in [1.807, 2.05) is 6.07 Å². The molecule has 0 aromatic heterocycles. The zero-order valence-electron chi connectivity index (χ0n) is 10.5. The number of aliphatic hydroxyl groups is 1. The maximum absolute atomic E-state index is 10.4. The molecular formula is C15H20ClNO. The zero-order valence-corrected chi connectivity index (χ0v) is 11.2. The Balaban J connectivity index is 1.69. The summed E-state index contributed by atoms with van der Waals surface area (Å²) in [7, 11) is 0. The molecule has 1 aromatic rings. The first-order valence-electron chi connectivity index (χ1n) is 6.86. The smallest absolute Gasteiger partial charge is 0.0812 e. The van der Waals surface area contributed by atoms with E-state index in [9.17, 15) is 5.11 Å². The second-order valence-corrected chi connectivity index (χ2v) is 6.40. The lowest BCUT2D eigenvalue weighted by atomic mass is 9.83. The molecule has 0 heterocycles. The second kappa shape index (κ2) is 4.75. The van der Waals surface area contributed by atoms with Gasteiger partial charge < -0.3 is 10.8 Å². The highest BCUT2D eigenvalue weighted by Crippen LogP contribution is 2.51. The van der Waals surface area contributed by atoms with E-state index >= 15 is 0 Å². The summed E-state index contributed by atoms with van der Waals surface area (Å²) in [6.45, 7) is 0. The SMILES string of the molecule is Nc1cc(Cl)ccc1C(O)CC1CC2CCC1C2. The van der Waals surface area contributed by atoms with Crippen molar-refractivity contribution in [3.05, 3.63) is 28.8 Å². The molecule has 98 valence electrons. The molecule has 3 N–H and O–H groups in total. The van der Waals surface area contributed by atoms with Crippen LogP contribution in [0.15, 0.2) is 18.2 Å². The Morgan fingerprint density at radius 2 is 2.17 bits per heavy atom. The van der Waals surface area contributed by atoms with Crippen molar-refractivity contribution in [2.24, 2.45) is 17.8 Å². The highest BCUT2D eigenvalue weighted by atomic mass is 35.5. The van der Waals surface area contributed by atoms with E-state index in [4.69, 9.17) is 17.3 Å². The molecule has 2 bridgehead atoms. The number of rotatable bonds is 3. The van der Waals surface area contributed by atoms with Crippen LogP contribution in [0.25, 0.3) is 0 Å². The van der Waals surface area contributed by atoms with Crippen LogP contribution in [0.4, 0.5) is 5.69 Å². The van der Waals surface area contributed by atoms with Crippen molar-refractivity contribution in [3.63, 3.8) is 0 Å². The molecule has 3 heteroatoms. The largest absolute Gasteiger partial charge is 0.398 e. The van der Waals surface area contributed by atoms with Gasteiger partial charge in [-0.05, 0) is 55.6 Å². The fourth-order valence-corrected chi connectivity index (χ4v) is 4.11. The van der Waals surface area contributed by atoms with Crippen molar-refractivity contribution in [1.82, 2.24) is 0 Å². The number of nitrogen functional groups attached to an aromatic ring is 1. The predicted molar refractivity (Wildman–Crippen MR) is 74.4 cm³/mol. The molecule has 2 saturated carbocycles. The number of fused-ring (bicyclic) bond motifs is 2. The lowest BCUT2D eigenvalue weighted by Gasteiger charge is -2.24. The molecule has 0 saturated heterocycles. The molecule has 0 spiro atoms. The lowest BCUT2D eigenvalue weighted by molar-refractivity contribution is 0.126. The van der Waals surface area contributed by atoms with Crippen molar-refractivity contribution < 1.29 is 5.11 Å². The van der Waals surface area contributed by atoms with Gasteiger partial charge >= 0.3 is 0 Å². The molecule has 4 atom stereocenters. The fraction of sp³-hybridized carbons (Fsp3) is 0.600. The topological polar surface area (TPSA) is 46.2 Å². The van der Waals surface area contributed by atoms with Crippen molar-refractivity contribution in [2.45, 2.75) is 38.2 Å². The summed E-state index contributed by atoms with van der Waals surface area (Å²) < 4.78 is 0. The second-order valence-electron chi connectivity index (χ2n) is 5.96. The molecule has 0 amide bonds. The minimum Gasteiger partial charge on any atom is -0.398 e. The Morgan fingerprint density at radius 3 is 2.78 bits per heavy atom. The van der Waals surface area contributed by atoms with Crippen LogP contribution in [0.3, 0.4) is 0 Å². The van der Waals surface area contributed by atoms with Gasteiger partial charge in [0.25, 0.3) is 0 Å². The van der Waals surface area contributed by atoms with Crippen LogP contribution < -0.4 is 5.73 Å². The van der Waals surface area contributed by atoms with Crippen molar-refractivity contribution in [1.29, 1.82) is 0 Å². The molecule has 1 aromatic carbocycles. The van der Waals surface area contributed by atoms with Crippen LogP contribution in [0.2, 0.25) is 5.02 Å². The highest BCUT2D eigenvalue weighted by Gasteiger charge is 2.40. The van der Waals surface area contributed by atoms with Crippen LogP contribution in [0, 0.1) is 17.8 Å². The Bertz CT molecular complexity index is 448. The summed E-state index contributed by atoms with van der Waals surface area (Å²) in [5, 5.41) is 11.0. The van der Waals surface area contributed by atoms with Crippen molar-refractivity contribution in [3.8, 4) is 0 Å². The standard InChI is InChI=1S/C15H20ClNO/c16-12-3-4-13(14(17)8-12)15(18)7-11-6-9-1-2-10(11)5-9/h3-4,8-11,15,18H,1-2,5-7,17H2. The van der Waals surface area contributed by atoms with Crippen molar-refractivity contribution in [2.75, 3.05) is 5.73 Å². The molecule has 18 heavy (non-hydrogen) atoms. The van der Waals surface area contributed by atoms with Gasteiger partial charge in [-0.25, -0.2) is 0 Å². The van der Waals surface area contributed by atoms with Crippen LogP contribution in [0.5, 0.6) is 0 Å². The fourth-order valence-electron chi connectivity index (χ4n) is 3.93. The summed E-state index contributed by atoms with van der Waals surface area (Å²) in [4.78, 5) is 0. The number of hydrogen-bond donors (Lipinski definition) is 2. The van der Waals surface area contributed by atoms with Gasteiger partial charge in [-0.2, -0.15) is 0 Å². The van der Waals surface area contributed by atoms with Gasteiger partial charge in [0.15, 0.2) is 0 Å². The quantitative estimate of drug-likeness (QED) is 0.817. The number of anilines is 1. The average molecular weight is 266 g/mol. The molecular weight excluding hydrogens is 246 g/mol. The third-order valence-corrected chi connectivity index (χ3v) is 5.05. The normalized spacial score (nSPS) is 31.8. The van der Waals surface area contributed by atoms with E-state index in [-0.39, 0.29) is 0 Å². The lowest BCUT2D eigenvalue weighted by Crippen LogP contribution is -2.15. The van der Waals surface area contributed by atoms with Crippen LogP contribution in [0.1, 0.15) is 43.8 Å². The van der Waals surface area contributed by atoms with E-state index < -0.39 is 6.10 Å². The molecule has 2 aliphatic rings. The number of hydrogen-bond acceptors (Lipinski definition) is 2.